The standard InChI is InChI=1S/C17H20ClN3O/c1-13-6-9-19-21(13)11-8-17(22)20-10-7-14(12-20)15-4-2-3-5-16(15)18/h2-6,9,14H,7-8,10-12H2,1H3. The van der Waals surface area contributed by atoms with Gasteiger partial charge in [0.15, 0.2) is 0 Å². The molecule has 0 N–H and O–H groups in total. The molecule has 0 saturated carbocycles. The van der Waals surface area contributed by atoms with Crippen molar-refractivity contribution >= 4 is 17.5 Å². The maximum Gasteiger partial charge on any atom is 0.224 e. The van der Waals surface area contributed by atoms with Crippen molar-refractivity contribution in [1.82, 2.24) is 14.7 Å². The molecular weight excluding hydrogens is 298 g/mol. The van der Waals surface area contributed by atoms with Crippen molar-refractivity contribution < 1.29 is 4.79 Å². The van der Waals surface area contributed by atoms with Gasteiger partial charge in [-0.05, 0) is 31.0 Å². The molecule has 2 aromatic rings. The second kappa shape index (κ2) is 6.53. The zero-order chi connectivity index (χ0) is 15.5. The highest BCUT2D eigenvalue weighted by Gasteiger charge is 2.28. The molecule has 1 saturated heterocycles. The molecular formula is C17H20ClN3O. The van der Waals surface area contributed by atoms with Gasteiger partial charge in [-0.1, -0.05) is 29.8 Å². The van der Waals surface area contributed by atoms with Gasteiger partial charge >= 0.3 is 0 Å². The van der Waals surface area contributed by atoms with Gasteiger partial charge in [0, 0.05) is 48.9 Å². The third-order valence-electron chi connectivity index (χ3n) is 4.35. The van der Waals surface area contributed by atoms with E-state index in [4.69, 9.17) is 11.6 Å². The van der Waals surface area contributed by atoms with Crippen LogP contribution in [0.4, 0.5) is 0 Å². The fourth-order valence-corrected chi connectivity index (χ4v) is 3.33. The predicted molar refractivity (Wildman–Crippen MR) is 87.0 cm³/mol. The molecule has 0 aliphatic carbocycles. The highest BCUT2D eigenvalue weighted by molar-refractivity contribution is 6.31. The molecule has 5 heteroatoms. The number of carbonyl (C=O) groups is 1. The van der Waals surface area contributed by atoms with Crippen LogP contribution < -0.4 is 0 Å². The first kappa shape index (κ1) is 15.1. The summed E-state index contributed by atoms with van der Waals surface area (Å²) >= 11 is 6.26. The first-order valence-electron chi connectivity index (χ1n) is 7.66. The number of benzene rings is 1. The van der Waals surface area contributed by atoms with E-state index < -0.39 is 0 Å². The Labute approximate surface area is 135 Å². The molecule has 3 rings (SSSR count). The molecule has 4 nitrogen and oxygen atoms in total. The van der Waals surface area contributed by atoms with Crippen molar-refractivity contribution in [2.75, 3.05) is 13.1 Å². The average molecular weight is 318 g/mol. The van der Waals surface area contributed by atoms with Gasteiger partial charge in [0.2, 0.25) is 5.91 Å². The third-order valence-corrected chi connectivity index (χ3v) is 4.70. The quantitative estimate of drug-likeness (QED) is 0.868. The van der Waals surface area contributed by atoms with E-state index in [0.717, 1.165) is 35.8 Å². The smallest absolute Gasteiger partial charge is 0.224 e. The number of aromatic nitrogens is 2. The van der Waals surface area contributed by atoms with Gasteiger partial charge in [0.05, 0.1) is 0 Å². The lowest BCUT2D eigenvalue weighted by Gasteiger charge is -2.17. The fraction of sp³-hybridized carbons (Fsp3) is 0.412. The monoisotopic (exact) mass is 317 g/mol. The van der Waals surface area contributed by atoms with Crippen molar-refractivity contribution in [2.45, 2.75) is 32.2 Å². The van der Waals surface area contributed by atoms with Gasteiger partial charge < -0.3 is 4.90 Å². The first-order valence-corrected chi connectivity index (χ1v) is 8.03. The molecule has 0 bridgehead atoms. The molecule has 1 fully saturated rings. The van der Waals surface area contributed by atoms with Gasteiger partial charge in [-0.15, -0.1) is 0 Å². The summed E-state index contributed by atoms with van der Waals surface area (Å²) in [5.41, 5.74) is 2.24. The predicted octanol–water partition coefficient (Wildman–Crippen LogP) is 3.25. The second-order valence-corrected chi connectivity index (χ2v) is 6.20. The van der Waals surface area contributed by atoms with E-state index in [1.165, 1.54) is 0 Å². The van der Waals surface area contributed by atoms with E-state index >= 15 is 0 Å². The van der Waals surface area contributed by atoms with Crippen LogP contribution in [0.15, 0.2) is 36.5 Å². The minimum absolute atomic E-state index is 0.199. The van der Waals surface area contributed by atoms with Crippen LogP contribution in [0.2, 0.25) is 5.02 Å². The van der Waals surface area contributed by atoms with E-state index in [2.05, 4.69) is 11.2 Å². The number of amides is 1. The summed E-state index contributed by atoms with van der Waals surface area (Å²) in [6.45, 7) is 4.22. The number of likely N-dealkylation sites (tertiary alicyclic amines) is 1. The average Bonchev–Trinajstić information content (AvgIpc) is 3.14. The molecule has 2 heterocycles. The van der Waals surface area contributed by atoms with Crippen molar-refractivity contribution in [1.29, 1.82) is 0 Å². The number of hydrogen-bond acceptors (Lipinski definition) is 2. The normalized spacial score (nSPS) is 17.9. The molecule has 1 aliphatic heterocycles. The Balaban J connectivity index is 1.57. The van der Waals surface area contributed by atoms with Crippen LogP contribution in [-0.4, -0.2) is 33.7 Å². The summed E-state index contributed by atoms with van der Waals surface area (Å²) in [4.78, 5) is 14.3. The minimum atomic E-state index is 0.199. The summed E-state index contributed by atoms with van der Waals surface area (Å²) in [5.74, 6) is 0.550. The summed E-state index contributed by atoms with van der Waals surface area (Å²) in [6, 6.07) is 9.88. The van der Waals surface area contributed by atoms with Gasteiger partial charge in [-0.3, -0.25) is 9.48 Å². The lowest BCUT2D eigenvalue weighted by Crippen LogP contribution is -2.29. The topological polar surface area (TPSA) is 38.1 Å². The third kappa shape index (κ3) is 3.17. The van der Waals surface area contributed by atoms with E-state index in [1.807, 2.05) is 40.8 Å². The molecule has 0 radical (unpaired) electrons. The molecule has 1 aromatic heterocycles. The zero-order valence-corrected chi connectivity index (χ0v) is 13.5. The van der Waals surface area contributed by atoms with Crippen LogP contribution in [0.1, 0.15) is 30.0 Å². The largest absolute Gasteiger partial charge is 0.342 e. The number of hydrogen-bond donors (Lipinski definition) is 0. The molecule has 1 amide bonds. The van der Waals surface area contributed by atoms with Crippen LogP contribution in [0.25, 0.3) is 0 Å². The molecule has 1 atom stereocenters. The Morgan fingerprint density at radius 2 is 2.18 bits per heavy atom. The Bertz CT molecular complexity index is 667. The molecule has 0 spiro atoms. The molecule has 1 aliphatic rings. The molecule has 1 unspecified atom stereocenters. The van der Waals surface area contributed by atoms with Crippen molar-refractivity contribution in [3.05, 3.63) is 52.8 Å². The van der Waals surface area contributed by atoms with E-state index in [9.17, 15) is 4.79 Å². The van der Waals surface area contributed by atoms with Crippen LogP contribution in [-0.2, 0) is 11.3 Å². The molecule has 22 heavy (non-hydrogen) atoms. The zero-order valence-electron chi connectivity index (χ0n) is 12.7. The number of aryl methyl sites for hydroxylation is 2. The Kier molecular flexibility index (Phi) is 4.48. The summed E-state index contributed by atoms with van der Waals surface area (Å²) in [7, 11) is 0. The Morgan fingerprint density at radius 3 is 2.91 bits per heavy atom. The number of nitrogens with zero attached hydrogens (tertiary/aromatic N) is 3. The van der Waals surface area contributed by atoms with Crippen LogP contribution in [0.3, 0.4) is 0 Å². The highest BCUT2D eigenvalue weighted by atomic mass is 35.5. The molecule has 116 valence electrons. The van der Waals surface area contributed by atoms with Crippen LogP contribution in [0, 0.1) is 6.92 Å². The Hall–Kier alpha value is -1.81. The number of carbonyl (C=O) groups excluding carboxylic acids is 1. The van der Waals surface area contributed by atoms with Crippen molar-refractivity contribution in [3.8, 4) is 0 Å². The first-order chi connectivity index (χ1) is 10.6. The van der Waals surface area contributed by atoms with Gasteiger partial charge in [-0.25, -0.2) is 0 Å². The van der Waals surface area contributed by atoms with E-state index in [-0.39, 0.29) is 5.91 Å². The lowest BCUT2D eigenvalue weighted by molar-refractivity contribution is -0.130. The van der Waals surface area contributed by atoms with E-state index in [1.54, 1.807) is 6.20 Å². The SMILES string of the molecule is Cc1ccnn1CCC(=O)N1CCC(c2ccccc2Cl)C1. The lowest BCUT2D eigenvalue weighted by atomic mass is 9.98. The maximum atomic E-state index is 12.4. The summed E-state index contributed by atoms with van der Waals surface area (Å²) < 4.78 is 1.87. The van der Waals surface area contributed by atoms with Crippen molar-refractivity contribution in [2.24, 2.45) is 0 Å². The Morgan fingerprint density at radius 1 is 1.36 bits per heavy atom. The van der Waals surface area contributed by atoms with Gasteiger partial charge in [0.1, 0.15) is 0 Å². The second-order valence-electron chi connectivity index (χ2n) is 5.79. The van der Waals surface area contributed by atoms with Gasteiger partial charge in [0.25, 0.3) is 0 Å². The highest BCUT2D eigenvalue weighted by Crippen LogP contribution is 2.32. The fourth-order valence-electron chi connectivity index (χ4n) is 3.04. The van der Waals surface area contributed by atoms with Crippen LogP contribution >= 0.6 is 11.6 Å². The van der Waals surface area contributed by atoms with Crippen LogP contribution in [0.5, 0.6) is 0 Å². The number of halogens is 1. The minimum Gasteiger partial charge on any atom is -0.342 e. The number of rotatable bonds is 4. The summed E-state index contributed by atoms with van der Waals surface area (Å²) in [5, 5.41) is 5.02. The maximum absolute atomic E-state index is 12.4. The van der Waals surface area contributed by atoms with Crippen molar-refractivity contribution in [3.63, 3.8) is 0 Å². The molecule has 1 aromatic carbocycles. The van der Waals surface area contributed by atoms with Gasteiger partial charge in [-0.2, -0.15) is 5.10 Å². The van der Waals surface area contributed by atoms with E-state index in [0.29, 0.717) is 18.9 Å². The summed E-state index contributed by atoms with van der Waals surface area (Å²) in [6.07, 6.45) is 3.25.